The molecule has 27 heavy (non-hydrogen) atoms. The zero-order valence-corrected chi connectivity index (χ0v) is 14.5. The zero-order valence-electron chi connectivity index (χ0n) is 14.5. The van der Waals surface area contributed by atoms with Crippen molar-refractivity contribution in [2.24, 2.45) is 0 Å². The second-order valence-corrected chi connectivity index (χ2v) is 5.81. The summed E-state index contributed by atoms with van der Waals surface area (Å²) in [5.41, 5.74) is 1.07. The van der Waals surface area contributed by atoms with Gasteiger partial charge in [0, 0.05) is 19.3 Å². The predicted octanol–water partition coefficient (Wildman–Crippen LogP) is 2.82. The summed E-state index contributed by atoms with van der Waals surface area (Å²) in [7, 11) is 1.55. The van der Waals surface area contributed by atoms with Crippen LogP contribution in [0.3, 0.4) is 0 Å². The van der Waals surface area contributed by atoms with Crippen LogP contribution in [-0.2, 0) is 23.9 Å². The van der Waals surface area contributed by atoms with Crippen molar-refractivity contribution in [1.29, 1.82) is 0 Å². The number of carbonyl (C=O) groups is 1. The number of nitrogens with zero attached hydrogens (tertiary/aromatic N) is 3. The Labute approximate surface area is 153 Å². The molecular weight excluding hydrogens is 361 g/mol. The molecular formula is C18H17F3N4O2. The minimum atomic E-state index is -4.60. The molecule has 1 aromatic carbocycles. The zero-order chi connectivity index (χ0) is 19.4. The van der Waals surface area contributed by atoms with Crippen LogP contribution >= 0.6 is 0 Å². The van der Waals surface area contributed by atoms with Crippen molar-refractivity contribution in [3.05, 3.63) is 54.0 Å². The summed E-state index contributed by atoms with van der Waals surface area (Å²) in [5, 5.41) is 2.63. The lowest BCUT2D eigenvalue weighted by molar-refractivity contribution is -0.146. The van der Waals surface area contributed by atoms with Crippen LogP contribution in [0.25, 0.3) is 11.2 Å². The summed E-state index contributed by atoms with van der Waals surface area (Å²) in [6.45, 7) is -0.0587. The molecule has 0 spiro atoms. The normalized spacial score (nSPS) is 11.6. The van der Waals surface area contributed by atoms with Crippen LogP contribution < -0.4 is 10.1 Å². The third-order valence-electron chi connectivity index (χ3n) is 3.94. The molecule has 0 radical (unpaired) electrons. The highest BCUT2D eigenvalue weighted by Crippen LogP contribution is 2.30. The van der Waals surface area contributed by atoms with Crippen LogP contribution in [-0.4, -0.2) is 34.1 Å². The quantitative estimate of drug-likeness (QED) is 0.716. The van der Waals surface area contributed by atoms with E-state index in [9.17, 15) is 18.0 Å². The highest BCUT2D eigenvalue weighted by molar-refractivity contribution is 5.78. The second kappa shape index (κ2) is 7.65. The van der Waals surface area contributed by atoms with Crippen LogP contribution in [0.2, 0.25) is 0 Å². The number of aromatic nitrogens is 3. The number of carbonyl (C=O) groups excluding carboxylic acids is 1. The molecule has 1 N–H and O–H groups in total. The van der Waals surface area contributed by atoms with Gasteiger partial charge < -0.3 is 14.6 Å². The van der Waals surface area contributed by atoms with Crippen molar-refractivity contribution in [3.8, 4) is 5.75 Å². The number of benzene rings is 1. The third-order valence-corrected chi connectivity index (χ3v) is 3.94. The molecule has 9 heteroatoms. The Bertz CT molecular complexity index is 936. The number of hydrogen-bond acceptors (Lipinski definition) is 4. The number of halogens is 3. The van der Waals surface area contributed by atoms with Gasteiger partial charge in [0.05, 0.1) is 13.5 Å². The fraction of sp³-hybridized carbons (Fsp3) is 0.278. The number of imidazole rings is 1. The van der Waals surface area contributed by atoms with Gasteiger partial charge in [-0.2, -0.15) is 13.2 Å². The Hall–Kier alpha value is -3.10. The highest BCUT2D eigenvalue weighted by atomic mass is 19.4. The van der Waals surface area contributed by atoms with Gasteiger partial charge in [-0.15, -0.1) is 0 Å². The van der Waals surface area contributed by atoms with Gasteiger partial charge >= 0.3 is 6.18 Å². The van der Waals surface area contributed by atoms with E-state index < -0.39 is 12.0 Å². The molecule has 142 valence electrons. The molecule has 1 amide bonds. The van der Waals surface area contributed by atoms with E-state index in [1.165, 1.54) is 18.3 Å². The second-order valence-electron chi connectivity index (χ2n) is 5.81. The minimum Gasteiger partial charge on any atom is -0.497 e. The van der Waals surface area contributed by atoms with E-state index in [0.717, 1.165) is 10.1 Å². The minimum absolute atomic E-state index is 0.0279. The van der Waals surface area contributed by atoms with Gasteiger partial charge in [0.1, 0.15) is 11.3 Å². The molecule has 0 aliphatic heterocycles. The maximum Gasteiger partial charge on any atom is 0.449 e. The third kappa shape index (κ3) is 4.36. The van der Waals surface area contributed by atoms with Gasteiger partial charge in [-0.25, -0.2) is 9.97 Å². The molecule has 3 rings (SSSR count). The van der Waals surface area contributed by atoms with Crippen LogP contribution in [0.4, 0.5) is 13.2 Å². The average Bonchev–Trinajstić information content (AvgIpc) is 3.02. The van der Waals surface area contributed by atoms with E-state index in [-0.39, 0.29) is 36.6 Å². The van der Waals surface area contributed by atoms with E-state index in [4.69, 9.17) is 4.74 Å². The van der Waals surface area contributed by atoms with E-state index in [0.29, 0.717) is 5.75 Å². The molecule has 0 aliphatic carbocycles. The van der Waals surface area contributed by atoms with Crippen molar-refractivity contribution in [1.82, 2.24) is 19.9 Å². The predicted molar refractivity (Wildman–Crippen MR) is 92.2 cm³/mol. The largest absolute Gasteiger partial charge is 0.497 e. The lowest BCUT2D eigenvalue weighted by atomic mass is 10.1. The fourth-order valence-electron chi connectivity index (χ4n) is 2.69. The molecule has 0 saturated heterocycles. The number of methoxy groups -OCH3 is 1. The standard InChI is InChI=1S/C18H17F3N4O2/c1-27-13-6-4-12(5-7-13)11-15(26)22-9-10-25-16-14(3-2-8-23-16)24-17(25)18(19,20)21/h2-8H,9-11H2,1H3,(H,22,26). The Kier molecular flexibility index (Phi) is 5.29. The lowest BCUT2D eigenvalue weighted by Gasteiger charge is -2.11. The molecule has 0 bridgehead atoms. The van der Waals surface area contributed by atoms with Gasteiger partial charge in [0.15, 0.2) is 5.65 Å². The smallest absolute Gasteiger partial charge is 0.449 e. The van der Waals surface area contributed by atoms with Gasteiger partial charge in [0.2, 0.25) is 11.7 Å². The van der Waals surface area contributed by atoms with Crippen molar-refractivity contribution in [2.45, 2.75) is 19.1 Å². The van der Waals surface area contributed by atoms with Crippen LogP contribution in [0, 0.1) is 0 Å². The summed E-state index contributed by atoms with van der Waals surface area (Å²) in [4.78, 5) is 19.6. The summed E-state index contributed by atoms with van der Waals surface area (Å²) in [6.07, 6.45) is -3.07. The van der Waals surface area contributed by atoms with E-state index in [2.05, 4.69) is 15.3 Å². The fourth-order valence-corrected chi connectivity index (χ4v) is 2.69. The summed E-state index contributed by atoms with van der Waals surface area (Å²) in [6, 6.07) is 9.98. The molecule has 0 aliphatic rings. The first kappa shape index (κ1) is 18.7. The first-order valence-corrected chi connectivity index (χ1v) is 8.16. The Morgan fingerprint density at radius 3 is 2.63 bits per heavy atom. The molecule has 0 atom stereocenters. The van der Waals surface area contributed by atoms with Crippen LogP contribution in [0.1, 0.15) is 11.4 Å². The van der Waals surface area contributed by atoms with Crippen LogP contribution in [0.15, 0.2) is 42.6 Å². The topological polar surface area (TPSA) is 69.0 Å². The van der Waals surface area contributed by atoms with E-state index in [1.54, 1.807) is 31.4 Å². The molecule has 3 aromatic rings. The van der Waals surface area contributed by atoms with Crippen molar-refractivity contribution in [3.63, 3.8) is 0 Å². The number of pyridine rings is 1. The molecule has 0 fully saturated rings. The first-order valence-electron chi connectivity index (χ1n) is 8.16. The molecule has 2 heterocycles. The number of rotatable bonds is 6. The first-order chi connectivity index (χ1) is 12.9. The Balaban J connectivity index is 1.65. The SMILES string of the molecule is COc1ccc(CC(=O)NCCn2c(C(F)(F)F)nc3cccnc32)cc1. The van der Waals surface area contributed by atoms with Crippen molar-refractivity contribution < 1.29 is 22.7 Å². The van der Waals surface area contributed by atoms with E-state index in [1.807, 2.05) is 0 Å². The maximum absolute atomic E-state index is 13.2. The number of alkyl halides is 3. The van der Waals surface area contributed by atoms with Gasteiger partial charge in [0.25, 0.3) is 0 Å². The Morgan fingerprint density at radius 1 is 1.22 bits per heavy atom. The van der Waals surface area contributed by atoms with E-state index >= 15 is 0 Å². The number of ether oxygens (including phenoxy) is 1. The summed E-state index contributed by atoms with van der Waals surface area (Å²) >= 11 is 0. The summed E-state index contributed by atoms with van der Waals surface area (Å²) in [5.74, 6) is -0.634. The van der Waals surface area contributed by atoms with Gasteiger partial charge in [-0.05, 0) is 29.8 Å². The lowest BCUT2D eigenvalue weighted by Crippen LogP contribution is -2.29. The number of amides is 1. The molecule has 6 nitrogen and oxygen atoms in total. The van der Waals surface area contributed by atoms with Crippen molar-refractivity contribution >= 4 is 17.1 Å². The monoisotopic (exact) mass is 378 g/mol. The summed E-state index contributed by atoms with van der Waals surface area (Å²) < 4.78 is 45.7. The van der Waals surface area contributed by atoms with Crippen LogP contribution in [0.5, 0.6) is 5.75 Å². The number of fused-ring (bicyclic) bond motifs is 1. The van der Waals surface area contributed by atoms with Gasteiger partial charge in [-0.1, -0.05) is 12.1 Å². The number of hydrogen-bond donors (Lipinski definition) is 1. The highest BCUT2D eigenvalue weighted by Gasteiger charge is 2.37. The maximum atomic E-state index is 13.2. The molecule has 2 aromatic heterocycles. The van der Waals surface area contributed by atoms with Gasteiger partial charge in [-0.3, -0.25) is 4.79 Å². The Morgan fingerprint density at radius 2 is 1.96 bits per heavy atom. The molecule has 0 unspecified atom stereocenters. The molecule has 0 saturated carbocycles. The van der Waals surface area contributed by atoms with Crippen molar-refractivity contribution in [2.75, 3.05) is 13.7 Å². The average molecular weight is 378 g/mol. The number of nitrogens with one attached hydrogen (secondary N) is 1.